The van der Waals surface area contributed by atoms with E-state index in [1.165, 1.54) is 89.9 Å². The number of unbranched alkanes of at least 4 members (excludes halogenated alkanes) is 16. The largest absolute Gasteiger partial charge is 0.462 e. The highest BCUT2D eigenvalue weighted by Crippen LogP contribution is 2.49. The third-order valence-corrected chi connectivity index (χ3v) is 12.4. The van der Waals surface area contributed by atoms with Crippen molar-refractivity contribution in [1.82, 2.24) is 4.90 Å². The van der Waals surface area contributed by atoms with Gasteiger partial charge in [0.25, 0.3) is 0 Å². The number of hydrogen-bond donors (Lipinski definition) is 0. The summed E-state index contributed by atoms with van der Waals surface area (Å²) in [6.45, 7) is 16.2. The summed E-state index contributed by atoms with van der Waals surface area (Å²) in [7, 11) is 4.10. The molecule has 0 aromatic rings. The van der Waals surface area contributed by atoms with E-state index >= 15 is 0 Å². The topological polar surface area (TPSA) is 82.1 Å². The monoisotopic (exact) mass is 886 g/mol. The lowest BCUT2D eigenvalue weighted by Crippen LogP contribution is -2.20. The zero-order valence-corrected chi connectivity index (χ0v) is 40.9. The van der Waals surface area contributed by atoms with Gasteiger partial charge in [-0.15, -0.1) is 0 Å². The predicted molar refractivity (Wildman–Crippen MR) is 269 cm³/mol. The molecule has 2 rings (SSSR count). The minimum atomic E-state index is -0.158. The molecule has 0 aromatic heterocycles. The number of esters is 3. The van der Waals surface area contributed by atoms with Gasteiger partial charge in [-0.3, -0.25) is 14.4 Å². The lowest BCUT2D eigenvalue weighted by Gasteiger charge is -2.18. The third-order valence-electron chi connectivity index (χ3n) is 12.4. The summed E-state index contributed by atoms with van der Waals surface area (Å²) < 4.78 is 16.4. The minimum Gasteiger partial charge on any atom is -0.462 e. The van der Waals surface area contributed by atoms with Gasteiger partial charge in [0.05, 0.1) is 0 Å². The van der Waals surface area contributed by atoms with Crippen LogP contribution >= 0.6 is 0 Å². The van der Waals surface area contributed by atoms with Crippen molar-refractivity contribution in [2.45, 2.75) is 199 Å². The van der Waals surface area contributed by atoms with E-state index in [9.17, 15) is 14.4 Å². The van der Waals surface area contributed by atoms with Gasteiger partial charge in [0.15, 0.2) is 0 Å². The number of rotatable bonds is 43. The molecule has 2 fully saturated rings. The first-order valence-corrected chi connectivity index (χ1v) is 25.5. The van der Waals surface area contributed by atoms with Gasteiger partial charge in [0, 0.05) is 30.1 Å². The van der Waals surface area contributed by atoms with Crippen LogP contribution in [0.5, 0.6) is 0 Å². The van der Waals surface area contributed by atoms with Crippen molar-refractivity contribution in [2.75, 3.05) is 33.9 Å². The molecule has 360 valence electrons. The Kier molecular flexibility index (Phi) is 31.3. The maximum Gasteiger partial charge on any atom is 0.306 e. The van der Waals surface area contributed by atoms with Crippen LogP contribution in [0.3, 0.4) is 0 Å². The highest BCUT2D eigenvalue weighted by atomic mass is 16.5. The summed E-state index contributed by atoms with van der Waals surface area (Å²) in [5.41, 5.74) is 2.01. The van der Waals surface area contributed by atoms with E-state index in [1.807, 2.05) is 14.1 Å². The number of carbonyl (C=O) groups excluding carboxylic acids is 3. The van der Waals surface area contributed by atoms with Crippen LogP contribution < -0.4 is 0 Å². The number of nitrogens with zero attached hydrogens (tertiary/aromatic N) is 1. The summed E-state index contributed by atoms with van der Waals surface area (Å²) in [6, 6.07) is 0. The smallest absolute Gasteiger partial charge is 0.306 e. The zero-order valence-electron chi connectivity index (χ0n) is 40.9. The van der Waals surface area contributed by atoms with Crippen LogP contribution in [-0.2, 0) is 28.6 Å². The SMILES string of the molecule is C=CC(=C)COC(=O)CCCC/C=C\C1(/C=C\CCCCCCCCC(CCCCCCCC/C=C\C2(/C=C\CCCCC(=O)OCC(=C)C=C)CC2)OC(=O)CCCN(C)C)CC1. The average molecular weight is 886 g/mol. The number of hydrogen-bond acceptors (Lipinski definition) is 7. The van der Waals surface area contributed by atoms with Crippen LogP contribution in [0.1, 0.15) is 193 Å². The van der Waals surface area contributed by atoms with Crippen molar-refractivity contribution in [3.63, 3.8) is 0 Å². The summed E-state index contributed by atoms with van der Waals surface area (Å²) in [5, 5.41) is 0. The molecule has 0 saturated heterocycles. The van der Waals surface area contributed by atoms with E-state index in [0.717, 1.165) is 101 Å². The van der Waals surface area contributed by atoms with Crippen LogP contribution in [0.4, 0.5) is 0 Å². The Balaban J connectivity index is 1.52. The van der Waals surface area contributed by atoms with Gasteiger partial charge in [0.1, 0.15) is 19.3 Å². The first-order valence-electron chi connectivity index (χ1n) is 25.5. The van der Waals surface area contributed by atoms with Crippen molar-refractivity contribution in [3.8, 4) is 0 Å². The van der Waals surface area contributed by atoms with Crippen molar-refractivity contribution >= 4 is 17.9 Å². The Bertz CT molecular complexity index is 1380. The highest BCUT2D eigenvalue weighted by molar-refractivity contribution is 5.70. The number of ether oxygens (including phenoxy) is 3. The number of carbonyl (C=O) groups is 3. The first-order chi connectivity index (χ1) is 31.0. The maximum absolute atomic E-state index is 12.7. The molecule has 7 heteroatoms. The van der Waals surface area contributed by atoms with Crippen molar-refractivity contribution < 1.29 is 28.6 Å². The Morgan fingerprint density at radius 2 is 0.844 bits per heavy atom. The molecule has 0 radical (unpaired) electrons. The molecule has 0 amide bonds. The van der Waals surface area contributed by atoms with Gasteiger partial charge >= 0.3 is 17.9 Å². The fraction of sp³-hybridized carbons (Fsp3) is 0.667. The molecule has 7 nitrogen and oxygen atoms in total. The van der Waals surface area contributed by atoms with E-state index in [1.54, 1.807) is 12.2 Å². The molecule has 0 unspecified atom stereocenters. The molecule has 0 bridgehead atoms. The Morgan fingerprint density at radius 1 is 0.500 bits per heavy atom. The Morgan fingerprint density at radius 3 is 1.20 bits per heavy atom. The van der Waals surface area contributed by atoms with E-state index in [0.29, 0.717) is 19.3 Å². The highest BCUT2D eigenvalue weighted by Gasteiger charge is 2.37. The van der Waals surface area contributed by atoms with Gasteiger partial charge in [-0.25, -0.2) is 0 Å². The van der Waals surface area contributed by atoms with Crippen LogP contribution in [0.25, 0.3) is 0 Å². The van der Waals surface area contributed by atoms with Crippen LogP contribution in [0.2, 0.25) is 0 Å². The average Bonchev–Trinajstić information content (AvgIpc) is 4.23. The van der Waals surface area contributed by atoms with E-state index in [2.05, 4.69) is 79.8 Å². The maximum atomic E-state index is 12.7. The normalized spacial score (nSPS) is 15.1. The lowest BCUT2D eigenvalue weighted by atomic mass is 10.0. The Labute approximate surface area is 391 Å². The van der Waals surface area contributed by atoms with Crippen LogP contribution in [0.15, 0.2) is 98.2 Å². The summed E-state index contributed by atoms with van der Waals surface area (Å²) >= 11 is 0. The second kappa shape index (κ2) is 35.5. The third kappa shape index (κ3) is 31.2. The summed E-state index contributed by atoms with van der Waals surface area (Å²) in [4.78, 5) is 38.5. The molecular formula is C57H91NO6. The Hall–Kier alpha value is -3.71. The fourth-order valence-corrected chi connectivity index (χ4v) is 7.74. The van der Waals surface area contributed by atoms with Crippen molar-refractivity contribution in [1.29, 1.82) is 0 Å². The minimum absolute atomic E-state index is 0.0248. The second-order valence-corrected chi connectivity index (χ2v) is 19.0. The standard InChI is InChI=1S/C57H91NO6/c1-7-50(3)48-62-53(59)36-27-19-23-31-41-56(43-44-56)39-29-21-15-11-9-13-17-25-34-52(64-55(61)38-33-47-58(5)6)35-26-18-14-10-12-16-22-30-40-57(45-46-57)42-32-24-20-28-37-54(60)63-49-51(4)8-2/h7-8,29-32,39-42,52H,1-4,9-28,33-38,43-49H2,5-6H3/b39-29-,40-30-,41-31-,42-32-. The van der Waals surface area contributed by atoms with Crippen LogP contribution in [0, 0.1) is 10.8 Å². The molecule has 0 N–H and O–H groups in total. The van der Waals surface area contributed by atoms with Gasteiger partial charge in [0.2, 0.25) is 0 Å². The number of allylic oxidation sites excluding steroid dienone is 8. The van der Waals surface area contributed by atoms with E-state index in [4.69, 9.17) is 14.2 Å². The molecule has 2 aliphatic rings. The van der Waals surface area contributed by atoms with E-state index in [-0.39, 0.29) is 48.1 Å². The van der Waals surface area contributed by atoms with E-state index < -0.39 is 0 Å². The van der Waals surface area contributed by atoms with Crippen molar-refractivity contribution in [2.24, 2.45) is 10.8 Å². The molecule has 64 heavy (non-hydrogen) atoms. The summed E-state index contributed by atoms with van der Waals surface area (Å²) in [5.74, 6) is -0.342. The molecule has 0 aromatic carbocycles. The van der Waals surface area contributed by atoms with Gasteiger partial charge < -0.3 is 19.1 Å². The molecule has 0 atom stereocenters. The van der Waals surface area contributed by atoms with Gasteiger partial charge in [-0.1, -0.05) is 138 Å². The molecule has 2 aliphatic carbocycles. The quantitative estimate of drug-likeness (QED) is 0.0198. The molecule has 0 spiro atoms. The first kappa shape index (κ1) is 56.4. The molecule has 0 aliphatic heterocycles. The van der Waals surface area contributed by atoms with Gasteiger partial charge in [-0.2, -0.15) is 0 Å². The van der Waals surface area contributed by atoms with Gasteiger partial charge in [-0.05, 0) is 154 Å². The molecule has 2 saturated carbocycles. The second-order valence-electron chi connectivity index (χ2n) is 19.0. The molecule has 0 heterocycles. The lowest BCUT2D eigenvalue weighted by molar-refractivity contribution is -0.150. The zero-order chi connectivity index (χ0) is 46.6. The van der Waals surface area contributed by atoms with Crippen molar-refractivity contribution in [3.05, 3.63) is 98.2 Å². The fourth-order valence-electron chi connectivity index (χ4n) is 7.74. The predicted octanol–water partition coefficient (Wildman–Crippen LogP) is 15.0. The van der Waals surface area contributed by atoms with Crippen LogP contribution in [-0.4, -0.2) is 62.8 Å². The summed E-state index contributed by atoms with van der Waals surface area (Å²) in [6.07, 6.45) is 54.3. The molecular weight excluding hydrogens is 795 g/mol.